The fourth-order valence-corrected chi connectivity index (χ4v) is 2.35. The van der Waals surface area contributed by atoms with Gasteiger partial charge in [-0.2, -0.15) is 18.2 Å². The van der Waals surface area contributed by atoms with Crippen molar-refractivity contribution in [2.75, 3.05) is 6.61 Å². The standard InChI is InChI=1S/C18H21F3N2O2.C4H9N.C4H10/c1-4-6-7-12(3)17-22-16(23-25-17)13-8-9-15(24-10-5-2)14(11-13)18(19,20)21;1-3-4(2)5;1-3-4-2/h5,8-9,11-12H,2,4,6-7,10H2,1,3H3;5H,3H2,1-2H3;3-4H2,1-2H3/t12-;;/m0../s1. The van der Waals surface area contributed by atoms with Gasteiger partial charge in [0.05, 0.1) is 5.56 Å². The van der Waals surface area contributed by atoms with E-state index in [0.29, 0.717) is 5.89 Å². The molecule has 0 saturated heterocycles. The number of ether oxygens (including phenoxy) is 1. The molecular formula is C26H40F3N3O2. The molecule has 5 nitrogen and oxygen atoms in total. The Bertz CT molecular complexity index is 846. The minimum Gasteiger partial charge on any atom is -0.489 e. The third-order valence-electron chi connectivity index (χ3n) is 4.78. The van der Waals surface area contributed by atoms with E-state index in [2.05, 4.69) is 37.5 Å². The summed E-state index contributed by atoms with van der Waals surface area (Å²) in [6.45, 7) is 15.6. The quantitative estimate of drug-likeness (QED) is 0.270. The third-order valence-corrected chi connectivity index (χ3v) is 4.78. The van der Waals surface area contributed by atoms with E-state index in [0.717, 1.165) is 37.5 Å². The van der Waals surface area contributed by atoms with E-state index in [9.17, 15) is 13.2 Å². The van der Waals surface area contributed by atoms with Crippen molar-refractivity contribution in [1.29, 1.82) is 5.41 Å². The average molecular weight is 484 g/mol. The number of halogens is 3. The summed E-state index contributed by atoms with van der Waals surface area (Å²) < 4.78 is 50.1. The zero-order valence-corrected chi connectivity index (χ0v) is 21.4. The number of alkyl halides is 3. The van der Waals surface area contributed by atoms with Crippen LogP contribution in [0.25, 0.3) is 11.4 Å². The fraction of sp³-hybridized carbons (Fsp3) is 0.577. The summed E-state index contributed by atoms with van der Waals surface area (Å²) in [6.07, 6.45) is 3.32. The van der Waals surface area contributed by atoms with Crippen LogP contribution in [-0.2, 0) is 6.18 Å². The molecule has 0 aliphatic carbocycles. The van der Waals surface area contributed by atoms with E-state index in [1.807, 2.05) is 13.8 Å². The SMILES string of the molecule is C=CCOc1ccc(-c2noc([C@@H](C)CCCC)n2)cc1C(F)(F)F.CCC(C)=N.CCCC. The first-order valence-corrected chi connectivity index (χ1v) is 11.9. The van der Waals surface area contributed by atoms with Crippen LogP contribution in [0.1, 0.15) is 97.4 Å². The Balaban J connectivity index is 0.00000103. The van der Waals surface area contributed by atoms with E-state index < -0.39 is 11.7 Å². The molecule has 0 unspecified atom stereocenters. The molecule has 0 saturated carbocycles. The molecule has 0 fully saturated rings. The van der Waals surface area contributed by atoms with Crippen molar-refractivity contribution in [2.45, 2.75) is 92.2 Å². The molecule has 0 amide bonds. The van der Waals surface area contributed by atoms with Crippen LogP contribution in [0.3, 0.4) is 0 Å². The van der Waals surface area contributed by atoms with Crippen LogP contribution in [-0.4, -0.2) is 22.5 Å². The zero-order chi connectivity index (χ0) is 26.1. The van der Waals surface area contributed by atoms with Crippen LogP contribution in [0.2, 0.25) is 0 Å². The maximum absolute atomic E-state index is 13.3. The number of rotatable bonds is 10. The second-order valence-electron chi connectivity index (χ2n) is 7.94. The Morgan fingerprint density at radius 2 is 1.79 bits per heavy atom. The molecule has 1 atom stereocenters. The number of aromatic nitrogens is 2. The van der Waals surface area contributed by atoms with Gasteiger partial charge in [0.15, 0.2) is 0 Å². The van der Waals surface area contributed by atoms with Crippen molar-refractivity contribution in [3.05, 3.63) is 42.3 Å². The van der Waals surface area contributed by atoms with Crippen molar-refractivity contribution in [2.24, 2.45) is 0 Å². The highest BCUT2D eigenvalue weighted by Crippen LogP contribution is 2.38. The first-order chi connectivity index (χ1) is 16.0. The molecule has 0 aliphatic heterocycles. The van der Waals surface area contributed by atoms with Crippen LogP contribution < -0.4 is 4.74 Å². The van der Waals surface area contributed by atoms with Gasteiger partial charge in [0.1, 0.15) is 12.4 Å². The maximum atomic E-state index is 13.3. The van der Waals surface area contributed by atoms with Crippen molar-refractivity contribution in [3.63, 3.8) is 0 Å². The molecule has 1 heterocycles. The van der Waals surface area contributed by atoms with Gasteiger partial charge in [0.25, 0.3) is 0 Å². The molecular weight excluding hydrogens is 443 g/mol. The van der Waals surface area contributed by atoms with E-state index in [-0.39, 0.29) is 29.7 Å². The predicted octanol–water partition coefficient (Wildman–Crippen LogP) is 8.86. The molecule has 1 aromatic carbocycles. The molecule has 34 heavy (non-hydrogen) atoms. The number of hydrogen-bond donors (Lipinski definition) is 1. The minimum absolute atomic E-state index is 0.0102. The van der Waals surface area contributed by atoms with Gasteiger partial charge >= 0.3 is 6.18 Å². The monoisotopic (exact) mass is 483 g/mol. The van der Waals surface area contributed by atoms with Crippen LogP contribution >= 0.6 is 0 Å². The third kappa shape index (κ3) is 12.0. The van der Waals surface area contributed by atoms with Crippen LogP contribution in [0.15, 0.2) is 35.4 Å². The second kappa shape index (κ2) is 16.9. The fourth-order valence-electron chi connectivity index (χ4n) is 2.35. The van der Waals surface area contributed by atoms with Crippen molar-refractivity contribution in [3.8, 4) is 17.1 Å². The smallest absolute Gasteiger partial charge is 0.419 e. The number of nitrogens with zero attached hydrogens (tertiary/aromatic N) is 2. The van der Waals surface area contributed by atoms with E-state index in [1.165, 1.54) is 31.1 Å². The summed E-state index contributed by atoms with van der Waals surface area (Å²) in [5, 5.41) is 10.6. The highest BCUT2D eigenvalue weighted by atomic mass is 19.4. The Kier molecular flexibility index (Phi) is 15.6. The lowest BCUT2D eigenvalue weighted by Gasteiger charge is -2.13. The summed E-state index contributed by atoms with van der Waals surface area (Å²) >= 11 is 0. The number of hydrogen-bond acceptors (Lipinski definition) is 5. The van der Waals surface area contributed by atoms with Gasteiger partial charge in [-0.15, -0.1) is 0 Å². The molecule has 0 spiro atoms. The highest BCUT2D eigenvalue weighted by molar-refractivity contribution is 5.78. The van der Waals surface area contributed by atoms with Gasteiger partial charge in [0.2, 0.25) is 11.7 Å². The zero-order valence-electron chi connectivity index (χ0n) is 21.4. The lowest BCUT2D eigenvalue weighted by atomic mass is 10.0. The lowest BCUT2D eigenvalue weighted by Crippen LogP contribution is -2.09. The number of benzene rings is 1. The largest absolute Gasteiger partial charge is 0.489 e. The Morgan fingerprint density at radius 3 is 2.26 bits per heavy atom. The minimum atomic E-state index is -4.55. The molecule has 2 aromatic rings. The molecule has 1 N–H and O–H groups in total. The van der Waals surface area contributed by atoms with Gasteiger partial charge in [-0.3, -0.25) is 0 Å². The highest BCUT2D eigenvalue weighted by Gasteiger charge is 2.35. The van der Waals surface area contributed by atoms with Crippen LogP contribution in [0, 0.1) is 5.41 Å². The second-order valence-corrected chi connectivity index (χ2v) is 7.94. The predicted molar refractivity (Wildman–Crippen MR) is 133 cm³/mol. The summed E-state index contributed by atoms with van der Waals surface area (Å²) in [5.74, 6) is 0.387. The first kappa shape index (κ1) is 31.4. The van der Waals surface area contributed by atoms with Gasteiger partial charge in [0, 0.05) is 17.2 Å². The number of nitrogens with one attached hydrogen (secondary N) is 1. The number of unbranched alkanes of at least 4 members (excludes halogenated alkanes) is 2. The van der Waals surface area contributed by atoms with Crippen molar-refractivity contribution < 1.29 is 22.4 Å². The van der Waals surface area contributed by atoms with E-state index in [1.54, 1.807) is 6.92 Å². The normalized spacial score (nSPS) is 11.4. The first-order valence-electron chi connectivity index (χ1n) is 11.9. The Morgan fingerprint density at radius 1 is 1.18 bits per heavy atom. The molecule has 0 bridgehead atoms. The van der Waals surface area contributed by atoms with Gasteiger partial charge in [-0.1, -0.05) is 78.1 Å². The molecule has 2 rings (SSSR count). The van der Waals surface area contributed by atoms with Gasteiger partial charge in [-0.05, 0) is 38.0 Å². The average Bonchev–Trinajstić information content (AvgIpc) is 3.31. The molecule has 0 aliphatic rings. The lowest BCUT2D eigenvalue weighted by molar-refractivity contribution is -0.138. The molecule has 8 heteroatoms. The summed E-state index contributed by atoms with van der Waals surface area (Å²) in [6, 6.07) is 3.72. The Hall–Kier alpha value is -2.64. The molecule has 1 aromatic heterocycles. The van der Waals surface area contributed by atoms with Crippen LogP contribution in [0.4, 0.5) is 13.2 Å². The van der Waals surface area contributed by atoms with E-state index in [4.69, 9.17) is 14.7 Å². The maximum Gasteiger partial charge on any atom is 0.419 e. The topological polar surface area (TPSA) is 72.0 Å². The summed E-state index contributed by atoms with van der Waals surface area (Å²) in [4.78, 5) is 4.25. The summed E-state index contributed by atoms with van der Waals surface area (Å²) in [5.41, 5.74) is 0.109. The van der Waals surface area contributed by atoms with Crippen molar-refractivity contribution >= 4 is 5.71 Å². The Labute approximate surface area is 202 Å². The van der Waals surface area contributed by atoms with Crippen molar-refractivity contribution in [1.82, 2.24) is 10.1 Å². The molecule has 192 valence electrons. The van der Waals surface area contributed by atoms with E-state index >= 15 is 0 Å². The van der Waals surface area contributed by atoms with Crippen LogP contribution in [0.5, 0.6) is 5.75 Å². The van der Waals surface area contributed by atoms with Gasteiger partial charge < -0.3 is 14.7 Å². The summed E-state index contributed by atoms with van der Waals surface area (Å²) in [7, 11) is 0. The molecule has 0 radical (unpaired) electrons. The van der Waals surface area contributed by atoms with Gasteiger partial charge in [-0.25, -0.2) is 0 Å².